The summed E-state index contributed by atoms with van der Waals surface area (Å²) in [6.07, 6.45) is 1.21. The fraction of sp³-hybridized carbons (Fsp3) is 0.545. The van der Waals surface area contributed by atoms with E-state index in [-0.39, 0.29) is 29.6 Å². The molecular weight excluding hydrogens is 418 g/mol. The molecule has 8 nitrogen and oxygen atoms in total. The van der Waals surface area contributed by atoms with Crippen LogP contribution in [-0.4, -0.2) is 78.7 Å². The largest absolute Gasteiger partial charge is 0.372 e. The number of carbonyl (C=O) groups is 2. The third kappa shape index (κ3) is 5.10. The van der Waals surface area contributed by atoms with E-state index in [1.807, 2.05) is 27.7 Å². The summed E-state index contributed by atoms with van der Waals surface area (Å²) in [6.45, 7) is 9.51. The van der Waals surface area contributed by atoms with Crippen LogP contribution in [-0.2, 0) is 30.7 Å². The van der Waals surface area contributed by atoms with Crippen molar-refractivity contribution >= 4 is 32.6 Å². The number of carbonyl (C=O) groups excluding carboxylic acids is 2. The third-order valence-corrected chi connectivity index (χ3v) is 7.22. The Morgan fingerprint density at radius 2 is 1.71 bits per heavy atom. The van der Waals surface area contributed by atoms with Gasteiger partial charge >= 0.3 is 0 Å². The molecule has 3 rings (SSSR count). The molecule has 1 aliphatic heterocycles. The fourth-order valence-electron chi connectivity index (χ4n) is 4.13. The molecular formula is C22H31N3O5S. The Bertz CT molecular complexity index is 1050. The summed E-state index contributed by atoms with van der Waals surface area (Å²) in [6, 6.07) is 7.06. The minimum Gasteiger partial charge on any atom is -0.372 e. The number of hydrogen-bond acceptors (Lipinski definition) is 5. The molecule has 0 radical (unpaired) electrons. The maximum atomic E-state index is 13.2. The maximum Gasteiger partial charge on any atom is 0.242 e. The van der Waals surface area contributed by atoms with Gasteiger partial charge in [-0.15, -0.1) is 0 Å². The van der Waals surface area contributed by atoms with Gasteiger partial charge in [-0.2, -0.15) is 0 Å². The Kier molecular flexibility index (Phi) is 7.06. The van der Waals surface area contributed by atoms with Gasteiger partial charge in [0, 0.05) is 43.3 Å². The Hall–Kier alpha value is -2.39. The molecule has 31 heavy (non-hydrogen) atoms. The zero-order valence-corrected chi connectivity index (χ0v) is 19.4. The van der Waals surface area contributed by atoms with Crippen molar-refractivity contribution in [3.63, 3.8) is 0 Å². The number of nitrogens with zero attached hydrogens (tertiary/aromatic N) is 3. The van der Waals surface area contributed by atoms with Crippen molar-refractivity contribution in [3.8, 4) is 0 Å². The third-order valence-electron chi connectivity index (χ3n) is 5.59. The predicted molar refractivity (Wildman–Crippen MR) is 119 cm³/mol. The molecule has 1 fully saturated rings. The van der Waals surface area contributed by atoms with Crippen molar-refractivity contribution in [2.45, 2.75) is 51.3 Å². The summed E-state index contributed by atoms with van der Waals surface area (Å²) < 4.78 is 33.7. The van der Waals surface area contributed by atoms with Gasteiger partial charge in [0.1, 0.15) is 12.3 Å². The van der Waals surface area contributed by atoms with Gasteiger partial charge in [0.25, 0.3) is 0 Å². The molecule has 9 heteroatoms. The van der Waals surface area contributed by atoms with Crippen LogP contribution in [0.5, 0.6) is 0 Å². The second-order valence-electron chi connectivity index (χ2n) is 8.02. The van der Waals surface area contributed by atoms with E-state index in [9.17, 15) is 18.0 Å². The number of para-hydroxylation sites is 1. The van der Waals surface area contributed by atoms with Crippen LogP contribution in [0.2, 0.25) is 0 Å². The van der Waals surface area contributed by atoms with E-state index < -0.39 is 21.5 Å². The first-order valence-electron chi connectivity index (χ1n) is 10.7. The van der Waals surface area contributed by atoms with E-state index in [1.165, 1.54) is 6.20 Å². The van der Waals surface area contributed by atoms with Gasteiger partial charge < -0.3 is 19.1 Å². The van der Waals surface area contributed by atoms with Crippen molar-refractivity contribution in [2.75, 3.05) is 31.9 Å². The first-order valence-corrected chi connectivity index (χ1v) is 12.3. The number of rotatable bonds is 7. The minimum atomic E-state index is -3.89. The van der Waals surface area contributed by atoms with Crippen LogP contribution in [0, 0.1) is 0 Å². The quantitative estimate of drug-likeness (QED) is 0.644. The highest BCUT2D eigenvalue weighted by molar-refractivity contribution is 7.92. The van der Waals surface area contributed by atoms with Gasteiger partial charge in [-0.1, -0.05) is 18.2 Å². The molecule has 1 aliphatic rings. The molecule has 0 spiro atoms. The van der Waals surface area contributed by atoms with E-state index in [0.29, 0.717) is 37.1 Å². The number of morpholine rings is 1. The lowest BCUT2D eigenvalue weighted by Gasteiger charge is -2.35. The maximum absolute atomic E-state index is 13.2. The van der Waals surface area contributed by atoms with Gasteiger partial charge in [-0.05, 0) is 33.8 Å². The molecule has 1 aromatic heterocycles. The lowest BCUT2D eigenvalue weighted by molar-refractivity contribution is -0.140. The zero-order valence-electron chi connectivity index (χ0n) is 18.6. The Morgan fingerprint density at radius 1 is 1.10 bits per heavy atom. The number of likely N-dealkylation sites (N-methyl/N-ethyl adjacent to an activating group) is 1. The van der Waals surface area contributed by atoms with Crippen LogP contribution >= 0.6 is 0 Å². The highest BCUT2D eigenvalue weighted by atomic mass is 32.2. The lowest BCUT2D eigenvalue weighted by Crippen LogP contribution is -2.49. The molecule has 0 unspecified atom stereocenters. The van der Waals surface area contributed by atoms with E-state index in [2.05, 4.69) is 0 Å². The molecule has 2 atom stereocenters. The number of amides is 2. The van der Waals surface area contributed by atoms with Gasteiger partial charge in [0.2, 0.25) is 11.8 Å². The van der Waals surface area contributed by atoms with E-state index in [4.69, 9.17) is 4.74 Å². The second-order valence-corrected chi connectivity index (χ2v) is 9.98. The zero-order chi connectivity index (χ0) is 22.8. The summed E-state index contributed by atoms with van der Waals surface area (Å²) >= 11 is 0. The average Bonchev–Trinajstić information content (AvgIpc) is 3.07. The summed E-state index contributed by atoms with van der Waals surface area (Å²) in [5.41, 5.74) is 0.655. The smallest absolute Gasteiger partial charge is 0.242 e. The highest BCUT2D eigenvalue weighted by Crippen LogP contribution is 2.27. The van der Waals surface area contributed by atoms with Crippen molar-refractivity contribution in [1.29, 1.82) is 0 Å². The summed E-state index contributed by atoms with van der Waals surface area (Å²) in [5.74, 6) is -1.12. The number of hydrogen-bond donors (Lipinski definition) is 0. The monoisotopic (exact) mass is 449 g/mol. The molecule has 1 saturated heterocycles. The molecule has 0 saturated carbocycles. The van der Waals surface area contributed by atoms with Crippen LogP contribution in [0.4, 0.5) is 0 Å². The van der Waals surface area contributed by atoms with Gasteiger partial charge in [-0.25, -0.2) is 8.42 Å². The highest BCUT2D eigenvalue weighted by Gasteiger charge is 2.31. The molecule has 1 aromatic carbocycles. The van der Waals surface area contributed by atoms with Crippen molar-refractivity contribution in [2.24, 2.45) is 0 Å². The van der Waals surface area contributed by atoms with Crippen molar-refractivity contribution < 1.29 is 22.7 Å². The Morgan fingerprint density at radius 3 is 2.32 bits per heavy atom. The number of sulfone groups is 1. The van der Waals surface area contributed by atoms with Crippen molar-refractivity contribution in [1.82, 2.24) is 14.4 Å². The number of fused-ring (bicyclic) bond motifs is 1. The average molecular weight is 450 g/mol. The van der Waals surface area contributed by atoms with Crippen molar-refractivity contribution in [3.05, 3.63) is 30.5 Å². The summed E-state index contributed by atoms with van der Waals surface area (Å²) in [7, 11) is -3.89. The van der Waals surface area contributed by atoms with Gasteiger partial charge in [-0.3, -0.25) is 9.59 Å². The molecule has 2 aromatic rings. The van der Waals surface area contributed by atoms with Gasteiger partial charge in [0.05, 0.1) is 17.1 Å². The summed E-state index contributed by atoms with van der Waals surface area (Å²) in [5, 5.41) is 0.520. The Balaban J connectivity index is 1.89. The molecule has 2 amide bonds. The predicted octanol–water partition coefficient (Wildman–Crippen LogP) is 1.92. The number of ether oxygens (including phenoxy) is 1. The lowest BCUT2D eigenvalue weighted by atomic mass is 10.2. The van der Waals surface area contributed by atoms with Crippen LogP contribution in [0.25, 0.3) is 10.9 Å². The normalized spacial score (nSPS) is 19.5. The Labute approximate surface area is 183 Å². The van der Waals surface area contributed by atoms with E-state index in [0.717, 1.165) is 0 Å². The number of benzene rings is 1. The first-order chi connectivity index (χ1) is 14.7. The fourth-order valence-corrected chi connectivity index (χ4v) is 5.59. The topological polar surface area (TPSA) is 88.9 Å². The molecule has 0 N–H and O–H groups in total. The molecule has 0 bridgehead atoms. The van der Waals surface area contributed by atoms with Crippen LogP contribution in [0.1, 0.15) is 27.7 Å². The second kappa shape index (κ2) is 9.40. The number of aromatic nitrogens is 1. The van der Waals surface area contributed by atoms with Crippen LogP contribution in [0.15, 0.2) is 35.4 Å². The summed E-state index contributed by atoms with van der Waals surface area (Å²) in [4.78, 5) is 28.7. The molecule has 2 heterocycles. The van der Waals surface area contributed by atoms with E-state index in [1.54, 1.807) is 38.6 Å². The standard InChI is InChI=1S/C22H31N3O5S/c1-5-23(6-2)21(26)14-24-13-20(18-9-7-8-10-19(18)24)31(28,29)15-22(27)25-11-16(3)30-17(4)12-25/h7-10,13,16-17H,5-6,11-12,14-15H2,1-4H3/t16-,17-/m0/s1. The minimum absolute atomic E-state index is 0.0458. The molecule has 170 valence electrons. The van der Waals surface area contributed by atoms with Gasteiger partial charge in [0.15, 0.2) is 9.84 Å². The van der Waals surface area contributed by atoms with Crippen LogP contribution in [0.3, 0.4) is 0 Å². The first kappa shape index (κ1) is 23.3. The van der Waals surface area contributed by atoms with E-state index >= 15 is 0 Å². The SMILES string of the molecule is CCN(CC)C(=O)Cn1cc(S(=O)(=O)CC(=O)N2C[C@H](C)O[C@@H](C)C2)c2ccccc21. The van der Waals surface area contributed by atoms with Crippen LogP contribution < -0.4 is 0 Å². The molecule has 0 aliphatic carbocycles.